The first kappa shape index (κ1) is 15.3. The first-order chi connectivity index (χ1) is 11.2. The molecule has 1 heterocycles. The summed E-state index contributed by atoms with van der Waals surface area (Å²) in [6, 6.07) is 13.9. The number of benzene rings is 2. The molecule has 0 unspecified atom stereocenters. The Kier molecular flexibility index (Phi) is 4.76. The van der Waals surface area contributed by atoms with E-state index in [9.17, 15) is 4.39 Å². The molecule has 0 fully saturated rings. The predicted molar refractivity (Wildman–Crippen MR) is 89.6 cm³/mol. The number of likely N-dealkylation sites (N-methyl/N-ethyl adjacent to an activating group) is 1. The summed E-state index contributed by atoms with van der Waals surface area (Å²) < 4.78 is 18.5. The Morgan fingerprint density at radius 1 is 1.09 bits per heavy atom. The fraction of sp³-hybridized carbons (Fsp3) is 0.278. The molecule has 1 N–H and O–H groups in total. The van der Waals surface area contributed by atoms with Crippen LogP contribution < -0.4 is 10.1 Å². The molecule has 0 bridgehead atoms. The van der Waals surface area contributed by atoms with Gasteiger partial charge in [-0.05, 0) is 48.4 Å². The molecule has 1 aliphatic heterocycles. The molecule has 23 heavy (non-hydrogen) atoms. The maximum Gasteiger partial charge on any atom is 0.193 e. The van der Waals surface area contributed by atoms with E-state index in [2.05, 4.69) is 15.2 Å². The zero-order valence-electron chi connectivity index (χ0n) is 13.1. The SMILES string of the molecule is CN1CCN=C1NCCc1ccc(Oc2ccc(F)cc2)cc1. The van der Waals surface area contributed by atoms with E-state index in [4.69, 9.17) is 4.74 Å². The van der Waals surface area contributed by atoms with Gasteiger partial charge in [0.2, 0.25) is 0 Å². The van der Waals surface area contributed by atoms with Gasteiger partial charge < -0.3 is 15.0 Å². The first-order valence-corrected chi connectivity index (χ1v) is 7.72. The normalized spacial score (nSPS) is 13.8. The minimum Gasteiger partial charge on any atom is -0.457 e. The maximum atomic E-state index is 12.9. The van der Waals surface area contributed by atoms with Gasteiger partial charge in [0.15, 0.2) is 5.96 Å². The van der Waals surface area contributed by atoms with Crippen molar-refractivity contribution in [1.29, 1.82) is 0 Å². The van der Waals surface area contributed by atoms with Gasteiger partial charge in [-0.2, -0.15) is 0 Å². The number of nitrogens with zero attached hydrogens (tertiary/aromatic N) is 2. The van der Waals surface area contributed by atoms with Crippen LogP contribution in [0.2, 0.25) is 0 Å². The Labute approximate surface area is 135 Å². The number of hydrogen-bond acceptors (Lipinski definition) is 4. The monoisotopic (exact) mass is 313 g/mol. The van der Waals surface area contributed by atoms with Crippen molar-refractivity contribution < 1.29 is 9.13 Å². The molecule has 0 saturated heterocycles. The number of ether oxygens (including phenoxy) is 1. The minimum atomic E-state index is -0.266. The molecular formula is C18H20FN3O. The van der Waals surface area contributed by atoms with Gasteiger partial charge in [-0.3, -0.25) is 4.99 Å². The smallest absolute Gasteiger partial charge is 0.193 e. The van der Waals surface area contributed by atoms with E-state index in [1.54, 1.807) is 12.1 Å². The summed E-state index contributed by atoms with van der Waals surface area (Å²) in [5.74, 6) is 2.08. The van der Waals surface area contributed by atoms with Crippen LogP contribution in [0.4, 0.5) is 4.39 Å². The van der Waals surface area contributed by atoms with Gasteiger partial charge in [0, 0.05) is 20.1 Å². The third kappa shape index (κ3) is 4.22. The lowest BCUT2D eigenvalue weighted by Gasteiger charge is -2.15. The van der Waals surface area contributed by atoms with E-state index < -0.39 is 0 Å². The average molecular weight is 313 g/mol. The van der Waals surface area contributed by atoms with Crippen LogP contribution in [0.25, 0.3) is 0 Å². The molecule has 0 radical (unpaired) electrons. The van der Waals surface area contributed by atoms with Gasteiger partial charge in [0.25, 0.3) is 0 Å². The summed E-state index contributed by atoms with van der Waals surface area (Å²) in [7, 11) is 2.04. The van der Waals surface area contributed by atoms with Crippen molar-refractivity contribution >= 4 is 5.96 Å². The molecule has 4 nitrogen and oxygen atoms in total. The van der Waals surface area contributed by atoms with Crippen LogP contribution in [-0.4, -0.2) is 37.5 Å². The molecule has 5 heteroatoms. The molecule has 0 spiro atoms. The Hall–Kier alpha value is -2.56. The Morgan fingerprint density at radius 2 is 1.74 bits per heavy atom. The van der Waals surface area contributed by atoms with Crippen molar-refractivity contribution in [2.45, 2.75) is 6.42 Å². The van der Waals surface area contributed by atoms with Crippen LogP contribution in [0, 0.1) is 5.82 Å². The van der Waals surface area contributed by atoms with E-state index in [-0.39, 0.29) is 5.82 Å². The maximum absolute atomic E-state index is 12.9. The molecule has 120 valence electrons. The lowest BCUT2D eigenvalue weighted by Crippen LogP contribution is -2.36. The quantitative estimate of drug-likeness (QED) is 0.922. The topological polar surface area (TPSA) is 36.9 Å². The third-order valence-corrected chi connectivity index (χ3v) is 3.73. The molecule has 0 saturated carbocycles. The second kappa shape index (κ2) is 7.13. The van der Waals surface area contributed by atoms with Crippen LogP contribution in [0.15, 0.2) is 53.5 Å². The predicted octanol–water partition coefficient (Wildman–Crippen LogP) is 3.05. The van der Waals surface area contributed by atoms with E-state index in [1.807, 2.05) is 31.3 Å². The Morgan fingerprint density at radius 3 is 2.35 bits per heavy atom. The highest BCUT2D eigenvalue weighted by Gasteiger charge is 2.10. The third-order valence-electron chi connectivity index (χ3n) is 3.73. The zero-order chi connectivity index (χ0) is 16.1. The van der Waals surface area contributed by atoms with Gasteiger partial charge in [0.1, 0.15) is 17.3 Å². The highest BCUT2D eigenvalue weighted by molar-refractivity contribution is 5.81. The largest absolute Gasteiger partial charge is 0.457 e. The lowest BCUT2D eigenvalue weighted by atomic mass is 10.1. The summed E-state index contributed by atoms with van der Waals surface area (Å²) in [6.07, 6.45) is 0.920. The van der Waals surface area contributed by atoms with Crippen molar-refractivity contribution in [3.8, 4) is 11.5 Å². The standard InChI is InChI=1S/C18H20FN3O/c1-22-13-12-21-18(22)20-11-10-14-2-6-16(7-3-14)23-17-8-4-15(19)5-9-17/h2-9H,10-13H2,1H3,(H,20,21). The zero-order valence-corrected chi connectivity index (χ0v) is 13.1. The molecule has 3 rings (SSSR count). The van der Waals surface area contributed by atoms with Gasteiger partial charge in [-0.25, -0.2) is 4.39 Å². The van der Waals surface area contributed by atoms with Gasteiger partial charge >= 0.3 is 0 Å². The molecule has 0 amide bonds. The first-order valence-electron chi connectivity index (χ1n) is 7.72. The van der Waals surface area contributed by atoms with Crippen LogP contribution in [0.3, 0.4) is 0 Å². The van der Waals surface area contributed by atoms with Gasteiger partial charge in [0.05, 0.1) is 6.54 Å². The van der Waals surface area contributed by atoms with E-state index in [0.29, 0.717) is 5.75 Å². The number of guanidine groups is 1. The van der Waals surface area contributed by atoms with Crippen molar-refractivity contribution in [1.82, 2.24) is 10.2 Å². The molecule has 2 aromatic carbocycles. The van der Waals surface area contributed by atoms with Crippen molar-refractivity contribution in [3.63, 3.8) is 0 Å². The van der Waals surface area contributed by atoms with Crippen LogP contribution in [0.5, 0.6) is 11.5 Å². The number of nitrogens with one attached hydrogen (secondary N) is 1. The molecule has 0 aromatic heterocycles. The molecule has 2 aromatic rings. The average Bonchev–Trinajstić information content (AvgIpc) is 2.97. The van der Waals surface area contributed by atoms with Crippen LogP contribution in [-0.2, 0) is 6.42 Å². The molecule has 1 aliphatic rings. The number of halogens is 1. The highest BCUT2D eigenvalue weighted by Crippen LogP contribution is 2.21. The molecule has 0 atom stereocenters. The van der Waals surface area contributed by atoms with Crippen LogP contribution in [0.1, 0.15) is 5.56 Å². The minimum absolute atomic E-state index is 0.266. The summed E-state index contributed by atoms with van der Waals surface area (Å²) in [5, 5.41) is 3.35. The fourth-order valence-corrected chi connectivity index (χ4v) is 2.40. The second-order valence-corrected chi connectivity index (χ2v) is 5.50. The Balaban J connectivity index is 1.49. The van der Waals surface area contributed by atoms with Crippen molar-refractivity contribution in [2.24, 2.45) is 4.99 Å². The summed E-state index contributed by atoms with van der Waals surface area (Å²) in [5.41, 5.74) is 1.23. The summed E-state index contributed by atoms with van der Waals surface area (Å²) in [4.78, 5) is 6.52. The highest BCUT2D eigenvalue weighted by atomic mass is 19.1. The van der Waals surface area contributed by atoms with Crippen LogP contribution >= 0.6 is 0 Å². The van der Waals surface area contributed by atoms with E-state index in [0.717, 1.165) is 37.8 Å². The number of rotatable bonds is 5. The fourth-order valence-electron chi connectivity index (χ4n) is 2.40. The van der Waals surface area contributed by atoms with Crippen molar-refractivity contribution in [2.75, 3.05) is 26.7 Å². The lowest BCUT2D eigenvalue weighted by molar-refractivity contribution is 0.480. The van der Waals surface area contributed by atoms with E-state index >= 15 is 0 Å². The molecular weight excluding hydrogens is 293 g/mol. The van der Waals surface area contributed by atoms with Gasteiger partial charge in [-0.15, -0.1) is 0 Å². The Bertz CT molecular complexity index is 668. The van der Waals surface area contributed by atoms with Gasteiger partial charge in [-0.1, -0.05) is 12.1 Å². The summed E-state index contributed by atoms with van der Waals surface area (Å²) in [6.45, 7) is 2.70. The summed E-state index contributed by atoms with van der Waals surface area (Å²) >= 11 is 0. The van der Waals surface area contributed by atoms with E-state index in [1.165, 1.54) is 17.7 Å². The second-order valence-electron chi connectivity index (χ2n) is 5.50. The molecule has 0 aliphatic carbocycles. The number of hydrogen-bond donors (Lipinski definition) is 1. The number of aliphatic imine (C=N–C) groups is 1. The van der Waals surface area contributed by atoms with Crippen molar-refractivity contribution in [3.05, 3.63) is 59.9 Å².